The normalized spacial score (nSPS) is 12.3. The van der Waals surface area contributed by atoms with Crippen molar-refractivity contribution in [1.29, 1.82) is 0 Å². The molecule has 0 bridgehead atoms. The van der Waals surface area contributed by atoms with Gasteiger partial charge in [-0.2, -0.15) is 13.2 Å². The number of para-hydroxylation sites is 1. The van der Waals surface area contributed by atoms with E-state index in [-0.39, 0.29) is 5.56 Å². The molecule has 0 aliphatic rings. The first kappa shape index (κ1) is 11.0. The largest absolute Gasteiger partial charge is 0.431 e. The van der Waals surface area contributed by atoms with Gasteiger partial charge in [0.25, 0.3) is 0 Å². The molecular weight excluding hydrogens is 215 g/mol. The Hall–Kier alpha value is -1.45. The molecule has 0 aliphatic heterocycles. The van der Waals surface area contributed by atoms with Crippen molar-refractivity contribution in [2.75, 3.05) is 0 Å². The molecule has 1 N–H and O–H groups in total. The van der Waals surface area contributed by atoms with Crippen LogP contribution < -0.4 is 0 Å². The molecule has 0 radical (unpaired) electrons. The zero-order valence-electron chi connectivity index (χ0n) is 9.07. The molecule has 2 rings (SSSR count). The Balaban J connectivity index is 2.77. The van der Waals surface area contributed by atoms with Crippen LogP contribution in [-0.4, -0.2) is 4.98 Å². The summed E-state index contributed by atoms with van der Waals surface area (Å²) in [7, 11) is 0. The maximum Gasteiger partial charge on any atom is 0.431 e. The molecule has 16 heavy (non-hydrogen) atoms. The zero-order valence-corrected chi connectivity index (χ0v) is 9.07. The third-order valence-electron chi connectivity index (χ3n) is 2.84. The van der Waals surface area contributed by atoms with Crippen molar-refractivity contribution in [3.8, 4) is 0 Å². The van der Waals surface area contributed by atoms with Gasteiger partial charge in [0.15, 0.2) is 0 Å². The highest BCUT2D eigenvalue weighted by molar-refractivity contribution is 5.87. The van der Waals surface area contributed by atoms with E-state index < -0.39 is 11.9 Å². The highest BCUT2D eigenvalue weighted by Crippen LogP contribution is 2.35. The Morgan fingerprint density at radius 3 is 2.50 bits per heavy atom. The third kappa shape index (κ3) is 1.58. The molecule has 0 atom stereocenters. The van der Waals surface area contributed by atoms with Crippen molar-refractivity contribution in [2.45, 2.75) is 26.4 Å². The minimum atomic E-state index is -4.31. The molecular formula is C12H12F3N. The second-order valence-corrected chi connectivity index (χ2v) is 3.82. The van der Waals surface area contributed by atoms with Gasteiger partial charge in [-0.15, -0.1) is 0 Å². The molecule has 1 heterocycles. The highest BCUT2D eigenvalue weighted by atomic mass is 19.4. The van der Waals surface area contributed by atoms with Crippen LogP contribution in [0.15, 0.2) is 18.2 Å². The molecule has 0 saturated carbocycles. The number of aromatic nitrogens is 1. The van der Waals surface area contributed by atoms with E-state index in [2.05, 4.69) is 4.98 Å². The summed E-state index contributed by atoms with van der Waals surface area (Å²) in [6, 6.07) is 5.36. The van der Waals surface area contributed by atoms with E-state index in [0.717, 1.165) is 5.56 Å². The number of fused-ring (bicyclic) bond motifs is 1. The maximum atomic E-state index is 12.7. The average molecular weight is 227 g/mol. The van der Waals surface area contributed by atoms with Crippen molar-refractivity contribution in [1.82, 2.24) is 4.98 Å². The number of aryl methyl sites for hydroxylation is 2. The fraction of sp³-hybridized carbons (Fsp3) is 0.333. The molecule has 2 aromatic rings. The van der Waals surface area contributed by atoms with E-state index in [1.165, 1.54) is 6.92 Å². The van der Waals surface area contributed by atoms with Crippen LogP contribution in [0.4, 0.5) is 13.2 Å². The summed E-state index contributed by atoms with van der Waals surface area (Å²) in [5.41, 5.74) is 1.16. The van der Waals surface area contributed by atoms with Gasteiger partial charge in [-0.05, 0) is 24.5 Å². The highest BCUT2D eigenvalue weighted by Gasteiger charge is 2.35. The Bertz CT molecular complexity index is 523. The predicted molar refractivity (Wildman–Crippen MR) is 57.4 cm³/mol. The van der Waals surface area contributed by atoms with Crippen LogP contribution in [0.5, 0.6) is 0 Å². The third-order valence-corrected chi connectivity index (χ3v) is 2.84. The van der Waals surface area contributed by atoms with Crippen LogP contribution >= 0.6 is 0 Å². The Labute approximate surface area is 91.3 Å². The van der Waals surface area contributed by atoms with Crippen molar-refractivity contribution >= 4 is 10.9 Å². The lowest BCUT2D eigenvalue weighted by atomic mass is 10.1. The van der Waals surface area contributed by atoms with Gasteiger partial charge < -0.3 is 4.98 Å². The van der Waals surface area contributed by atoms with Gasteiger partial charge in [0, 0.05) is 10.9 Å². The van der Waals surface area contributed by atoms with E-state index >= 15 is 0 Å². The number of hydrogen-bond donors (Lipinski definition) is 1. The van der Waals surface area contributed by atoms with Crippen LogP contribution in [0.3, 0.4) is 0 Å². The standard InChI is InChI=1S/C12H12F3N/c1-3-8-5-4-6-9-7(2)11(12(13,14)15)16-10(8)9/h4-6,16H,3H2,1-2H3. The van der Waals surface area contributed by atoms with Gasteiger partial charge >= 0.3 is 6.18 Å². The number of alkyl halides is 3. The lowest BCUT2D eigenvalue weighted by molar-refractivity contribution is -0.141. The van der Waals surface area contributed by atoms with Crippen LogP contribution in [0, 0.1) is 6.92 Å². The van der Waals surface area contributed by atoms with E-state index in [0.29, 0.717) is 17.3 Å². The van der Waals surface area contributed by atoms with Crippen LogP contribution in [0.25, 0.3) is 10.9 Å². The topological polar surface area (TPSA) is 15.8 Å². The fourth-order valence-corrected chi connectivity index (χ4v) is 1.99. The second-order valence-electron chi connectivity index (χ2n) is 3.82. The van der Waals surface area contributed by atoms with E-state index in [1.807, 2.05) is 13.0 Å². The van der Waals surface area contributed by atoms with E-state index in [4.69, 9.17) is 0 Å². The van der Waals surface area contributed by atoms with Crippen LogP contribution in [-0.2, 0) is 12.6 Å². The summed E-state index contributed by atoms with van der Waals surface area (Å²) in [6.45, 7) is 3.43. The van der Waals surface area contributed by atoms with Crippen LogP contribution in [0.1, 0.15) is 23.7 Å². The van der Waals surface area contributed by atoms with Crippen molar-refractivity contribution < 1.29 is 13.2 Å². The molecule has 1 nitrogen and oxygen atoms in total. The molecule has 1 aromatic heterocycles. The van der Waals surface area contributed by atoms with Crippen LogP contribution in [0.2, 0.25) is 0 Å². The summed E-state index contributed by atoms with van der Waals surface area (Å²) >= 11 is 0. The second kappa shape index (κ2) is 3.54. The van der Waals surface area contributed by atoms with Gasteiger partial charge in [0.2, 0.25) is 0 Å². The molecule has 86 valence electrons. The zero-order chi connectivity index (χ0) is 11.9. The number of halogens is 3. The Morgan fingerprint density at radius 1 is 1.25 bits per heavy atom. The number of aromatic amines is 1. The summed E-state index contributed by atoms with van der Waals surface area (Å²) in [4.78, 5) is 2.50. The first-order valence-electron chi connectivity index (χ1n) is 5.12. The van der Waals surface area contributed by atoms with Gasteiger partial charge in [-0.1, -0.05) is 25.1 Å². The monoisotopic (exact) mass is 227 g/mol. The molecule has 0 spiro atoms. The molecule has 0 aliphatic carbocycles. The number of H-pyrrole nitrogens is 1. The minimum absolute atomic E-state index is 0.276. The summed E-state index contributed by atoms with van der Waals surface area (Å²) in [5, 5.41) is 0.659. The first-order chi connectivity index (χ1) is 7.45. The van der Waals surface area contributed by atoms with Crippen molar-refractivity contribution in [2.24, 2.45) is 0 Å². The van der Waals surface area contributed by atoms with Gasteiger partial charge in [-0.25, -0.2) is 0 Å². The molecule has 4 heteroatoms. The molecule has 1 aromatic carbocycles. The molecule has 0 fully saturated rings. The number of hydrogen-bond acceptors (Lipinski definition) is 0. The summed E-state index contributed by atoms with van der Waals surface area (Å²) in [6.07, 6.45) is -3.59. The predicted octanol–water partition coefficient (Wildman–Crippen LogP) is 4.06. The molecule has 0 saturated heterocycles. The summed E-state index contributed by atoms with van der Waals surface area (Å²) in [5.74, 6) is 0. The van der Waals surface area contributed by atoms with Gasteiger partial charge in [0.1, 0.15) is 5.69 Å². The maximum absolute atomic E-state index is 12.7. The Kier molecular flexibility index (Phi) is 2.45. The lowest BCUT2D eigenvalue weighted by Crippen LogP contribution is -2.06. The Morgan fingerprint density at radius 2 is 1.94 bits per heavy atom. The van der Waals surface area contributed by atoms with Gasteiger partial charge in [0.05, 0.1) is 0 Å². The van der Waals surface area contributed by atoms with Crippen molar-refractivity contribution in [3.63, 3.8) is 0 Å². The van der Waals surface area contributed by atoms with Crippen molar-refractivity contribution in [3.05, 3.63) is 35.0 Å². The first-order valence-corrected chi connectivity index (χ1v) is 5.12. The number of benzene rings is 1. The molecule has 0 amide bonds. The van der Waals surface area contributed by atoms with Gasteiger partial charge in [-0.3, -0.25) is 0 Å². The smallest absolute Gasteiger partial charge is 0.351 e. The number of nitrogens with one attached hydrogen (secondary N) is 1. The minimum Gasteiger partial charge on any atom is -0.351 e. The quantitative estimate of drug-likeness (QED) is 0.756. The van der Waals surface area contributed by atoms with E-state index in [1.54, 1.807) is 12.1 Å². The SMILES string of the molecule is CCc1cccc2c(C)c(C(F)(F)F)[nH]c12. The lowest BCUT2D eigenvalue weighted by Gasteiger charge is -2.04. The fourth-order valence-electron chi connectivity index (χ4n) is 1.99. The number of rotatable bonds is 1. The van der Waals surface area contributed by atoms with E-state index in [9.17, 15) is 13.2 Å². The summed E-state index contributed by atoms with van der Waals surface area (Å²) < 4.78 is 38.1. The average Bonchev–Trinajstić information content (AvgIpc) is 2.56. The molecule has 0 unspecified atom stereocenters.